The number of anilines is 1. The van der Waals surface area contributed by atoms with Crippen molar-refractivity contribution in [2.75, 3.05) is 18.0 Å². The molecule has 0 radical (unpaired) electrons. The minimum atomic E-state index is -0.245. The van der Waals surface area contributed by atoms with E-state index in [1.54, 1.807) is 10.6 Å². The highest BCUT2D eigenvalue weighted by molar-refractivity contribution is 7.15. The summed E-state index contributed by atoms with van der Waals surface area (Å²) in [5.74, 6) is 0.589. The molecule has 0 aliphatic carbocycles. The van der Waals surface area contributed by atoms with Crippen molar-refractivity contribution in [3.05, 3.63) is 35.2 Å². The number of carbonyl (C=O) groups is 1. The number of fused-ring (bicyclic) bond motifs is 1. The largest absolute Gasteiger partial charge is 0.355 e. The number of hydrogen-bond donors (Lipinski definition) is 1. The molecule has 0 atom stereocenters. The van der Waals surface area contributed by atoms with Gasteiger partial charge in [0.05, 0.1) is 12.2 Å². The average Bonchev–Trinajstić information content (AvgIpc) is 3.31. The van der Waals surface area contributed by atoms with Gasteiger partial charge >= 0.3 is 0 Å². The lowest BCUT2D eigenvalue weighted by molar-refractivity contribution is 0.0944. The van der Waals surface area contributed by atoms with E-state index in [1.165, 1.54) is 30.5 Å². The lowest BCUT2D eigenvalue weighted by atomic mass is 10.3. The van der Waals surface area contributed by atoms with E-state index in [1.807, 2.05) is 11.4 Å². The minimum absolute atomic E-state index is 0.245. The van der Waals surface area contributed by atoms with E-state index in [2.05, 4.69) is 30.5 Å². The summed E-state index contributed by atoms with van der Waals surface area (Å²) < 4.78 is 1.72. The Hall–Kier alpha value is -2.55. The zero-order chi connectivity index (χ0) is 15.6. The molecule has 9 heteroatoms. The monoisotopic (exact) mass is 329 g/mol. The first-order valence-corrected chi connectivity index (χ1v) is 8.32. The molecule has 0 saturated carbocycles. The molecule has 1 fully saturated rings. The fraction of sp³-hybridized carbons (Fsp3) is 0.357. The van der Waals surface area contributed by atoms with Gasteiger partial charge in [-0.05, 0) is 25.0 Å². The molecule has 4 heterocycles. The predicted octanol–water partition coefficient (Wildman–Crippen LogP) is 1.11. The van der Waals surface area contributed by atoms with E-state index < -0.39 is 0 Å². The Morgan fingerprint density at radius 3 is 2.91 bits per heavy atom. The molecular weight excluding hydrogens is 314 g/mol. The van der Waals surface area contributed by atoms with Crippen molar-refractivity contribution < 1.29 is 4.79 Å². The number of thiazole rings is 1. The number of nitrogens with one attached hydrogen (secondary N) is 1. The molecule has 0 bridgehead atoms. The number of amides is 1. The normalized spacial score (nSPS) is 14.5. The molecule has 4 rings (SSSR count). The summed E-state index contributed by atoms with van der Waals surface area (Å²) in [5.41, 5.74) is 1.20. The third-order valence-corrected chi connectivity index (χ3v) is 4.71. The first-order valence-electron chi connectivity index (χ1n) is 7.44. The Balaban J connectivity index is 1.41. The van der Waals surface area contributed by atoms with Crippen LogP contribution in [0.5, 0.6) is 0 Å². The van der Waals surface area contributed by atoms with Crippen LogP contribution in [0.3, 0.4) is 0 Å². The van der Waals surface area contributed by atoms with Crippen LogP contribution in [0.4, 0.5) is 5.82 Å². The van der Waals surface area contributed by atoms with Gasteiger partial charge in [0.25, 0.3) is 5.91 Å². The maximum Gasteiger partial charge on any atom is 0.272 e. The highest BCUT2D eigenvalue weighted by Gasteiger charge is 2.15. The van der Waals surface area contributed by atoms with Crippen molar-refractivity contribution in [3.63, 3.8) is 0 Å². The van der Waals surface area contributed by atoms with Gasteiger partial charge in [-0.15, -0.1) is 21.5 Å². The van der Waals surface area contributed by atoms with E-state index in [0.29, 0.717) is 12.2 Å². The lowest BCUT2D eigenvalue weighted by Crippen LogP contribution is -2.25. The van der Waals surface area contributed by atoms with Gasteiger partial charge in [-0.25, -0.2) is 9.50 Å². The van der Waals surface area contributed by atoms with E-state index in [-0.39, 0.29) is 5.91 Å². The van der Waals surface area contributed by atoms with Crippen LogP contribution in [0.2, 0.25) is 0 Å². The van der Waals surface area contributed by atoms with Crippen molar-refractivity contribution >= 4 is 28.0 Å². The molecule has 8 nitrogen and oxygen atoms in total. The molecule has 1 aliphatic rings. The van der Waals surface area contributed by atoms with Gasteiger partial charge in [-0.1, -0.05) is 0 Å². The number of aromatic nitrogens is 5. The third kappa shape index (κ3) is 2.74. The second kappa shape index (κ2) is 5.92. The van der Waals surface area contributed by atoms with Crippen LogP contribution in [0.1, 0.15) is 29.0 Å². The molecule has 3 aromatic heterocycles. The average molecular weight is 329 g/mol. The van der Waals surface area contributed by atoms with Crippen LogP contribution in [0.15, 0.2) is 23.8 Å². The van der Waals surface area contributed by atoms with Crippen molar-refractivity contribution in [2.24, 2.45) is 0 Å². The summed E-state index contributed by atoms with van der Waals surface area (Å²) >= 11 is 1.49. The Labute approximate surface area is 136 Å². The maximum atomic E-state index is 12.2. The predicted molar refractivity (Wildman–Crippen MR) is 85.5 cm³/mol. The van der Waals surface area contributed by atoms with Crippen molar-refractivity contribution in [1.29, 1.82) is 0 Å². The Bertz CT molecular complexity index is 819. The van der Waals surface area contributed by atoms with Crippen LogP contribution in [-0.4, -0.2) is 43.8 Å². The SMILES string of the molecule is O=C(NCc1csc2ncnn12)c1ccc(N2CCCC2)nn1. The quantitative estimate of drug-likeness (QED) is 0.771. The third-order valence-electron chi connectivity index (χ3n) is 3.83. The molecule has 23 heavy (non-hydrogen) atoms. The fourth-order valence-electron chi connectivity index (χ4n) is 2.62. The van der Waals surface area contributed by atoms with Gasteiger partial charge in [0.2, 0.25) is 4.96 Å². The first-order chi connectivity index (χ1) is 11.3. The van der Waals surface area contributed by atoms with Gasteiger partial charge in [0.15, 0.2) is 11.5 Å². The van der Waals surface area contributed by atoms with E-state index in [9.17, 15) is 4.79 Å². The van der Waals surface area contributed by atoms with Crippen LogP contribution < -0.4 is 10.2 Å². The van der Waals surface area contributed by atoms with Crippen LogP contribution >= 0.6 is 11.3 Å². The first kappa shape index (κ1) is 14.1. The smallest absolute Gasteiger partial charge is 0.272 e. The second-order valence-corrected chi connectivity index (χ2v) is 6.17. The number of rotatable bonds is 4. The van der Waals surface area contributed by atoms with E-state index in [0.717, 1.165) is 29.6 Å². The Kier molecular flexibility index (Phi) is 3.62. The van der Waals surface area contributed by atoms with Crippen molar-refractivity contribution in [2.45, 2.75) is 19.4 Å². The summed E-state index contributed by atoms with van der Waals surface area (Å²) in [6, 6.07) is 3.57. The van der Waals surface area contributed by atoms with Gasteiger partial charge in [-0.3, -0.25) is 4.79 Å². The van der Waals surface area contributed by atoms with Crippen LogP contribution in [0, 0.1) is 0 Å². The Morgan fingerprint density at radius 1 is 1.26 bits per heavy atom. The second-order valence-electron chi connectivity index (χ2n) is 5.34. The minimum Gasteiger partial charge on any atom is -0.355 e. The molecule has 0 aromatic carbocycles. The zero-order valence-corrected chi connectivity index (χ0v) is 13.2. The molecule has 3 aromatic rings. The molecule has 1 amide bonds. The standard InChI is InChI=1S/C14H15N7OS/c22-13(15-7-10-8-23-14-16-9-17-21(10)14)11-3-4-12(19-18-11)20-5-1-2-6-20/h3-4,8-9H,1-2,5-7H2,(H,15,22). The lowest BCUT2D eigenvalue weighted by Gasteiger charge is -2.15. The molecule has 0 unspecified atom stereocenters. The van der Waals surface area contributed by atoms with Crippen LogP contribution in [0.25, 0.3) is 4.96 Å². The van der Waals surface area contributed by atoms with Gasteiger partial charge in [0, 0.05) is 18.5 Å². The van der Waals surface area contributed by atoms with Crippen molar-refractivity contribution in [3.8, 4) is 0 Å². The van der Waals surface area contributed by atoms with Gasteiger partial charge < -0.3 is 10.2 Å². The summed E-state index contributed by atoms with van der Waals surface area (Å²) in [6.07, 6.45) is 3.86. The molecule has 1 N–H and O–H groups in total. The molecule has 1 saturated heterocycles. The maximum absolute atomic E-state index is 12.2. The molecular formula is C14H15N7OS. The summed E-state index contributed by atoms with van der Waals surface area (Å²) in [7, 11) is 0. The van der Waals surface area contributed by atoms with E-state index in [4.69, 9.17) is 0 Å². The summed E-state index contributed by atoms with van der Waals surface area (Å²) in [4.78, 5) is 19.3. The van der Waals surface area contributed by atoms with Crippen LogP contribution in [-0.2, 0) is 6.54 Å². The van der Waals surface area contributed by atoms with E-state index >= 15 is 0 Å². The summed E-state index contributed by atoms with van der Waals surface area (Å²) in [6.45, 7) is 2.39. The summed E-state index contributed by atoms with van der Waals surface area (Å²) in [5, 5.41) is 17.1. The number of hydrogen-bond acceptors (Lipinski definition) is 7. The van der Waals surface area contributed by atoms with Crippen molar-refractivity contribution in [1.82, 2.24) is 30.1 Å². The van der Waals surface area contributed by atoms with Gasteiger partial charge in [-0.2, -0.15) is 5.10 Å². The van der Waals surface area contributed by atoms with Gasteiger partial charge in [0.1, 0.15) is 6.33 Å². The highest BCUT2D eigenvalue weighted by atomic mass is 32.1. The number of nitrogens with zero attached hydrogens (tertiary/aromatic N) is 6. The molecule has 0 spiro atoms. The Morgan fingerprint density at radius 2 is 2.13 bits per heavy atom. The highest BCUT2D eigenvalue weighted by Crippen LogP contribution is 2.16. The fourth-order valence-corrected chi connectivity index (χ4v) is 3.41. The molecule has 118 valence electrons. The molecule has 1 aliphatic heterocycles. The zero-order valence-electron chi connectivity index (χ0n) is 12.3. The number of carbonyl (C=O) groups excluding carboxylic acids is 1. The topological polar surface area (TPSA) is 88.3 Å².